The molecule has 0 spiro atoms. The molecule has 1 aliphatic heterocycles. The van der Waals surface area contributed by atoms with Crippen molar-refractivity contribution in [2.75, 3.05) is 32.6 Å². The molecule has 1 amide bonds. The van der Waals surface area contributed by atoms with Gasteiger partial charge in [-0.25, -0.2) is 17.2 Å². The molecule has 0 unspecified atom stereocenters. The average Bonchev–Trinajstić information content (AvgIpc) is 2.75. The fourth-order valence-corrected chi connectivity index (χ4v) is 4.87. The molecule has 1 fully saturated rings. The molecule has 1 N–H and O–H groups in total. The number of carbonyl (C=O) groups excluding carboxylic acids is 1. The van der Waals surface area contributed by atoms with Gasteiger partial charge in [0.15, 0.2) is 11.5 Å². The molecule has 1 heterocycles. The van der Waals surface area contributed by atoms with Crippen molar-refractivity contribution < 1.29 is 31.5 Å². The minimum Gasteiger partial charge on any atom is -0.493 e. The first-order valence-corrected chi connectivity index (χ1v) is 10.7. The molecule has 0 aliphatic carbocycles. The highest BCUT2D eigenvalue weighted by Gasteiger charge is 2.34. The van der Waals surface area contributed by atoms with Gasteiger partial charge in [0.1, 0.15) is 11.6 Å². The minimum atomic E-state index is -3.89. The quantitative estimate of drug-likeness (QED) is 0.747. The second kappa shape index (κ2) is 8.97. The van der Waals surface area contributed by atoms with Gasteiger partial charge in [-0.05, 0) is 37.1 Å². The molecule has 0 radical (unpaired) electrons. The summed E-state index contributed by atoms with van der Waals surface area (Å²) in [5.74, 6) is -2.05. The van der Waals surface area contributed by atoms with Gasteiger partial charge in [0.2, 0.25) is 15.9 Å². The van der Waals surface area contributed by atoms with E-state index in [1.807, 2.05) is 0 Å². The van der Waals surface area contributed by atoms with Crippen LogP contribution in [0.3, 0.4) is 0 Å². The summed E-state index contributed by atoms with van der Waals surface area (Å²) in [6, 6.07) is 7.01. The van der Waals surface area contributed by atoms with E-state index in [1.165, 1.54) is 36.7 Å². The van der Waals surface area contributed by atoms with Crippen molar-refractivity contribution in [1.82, 2.24) is 4.31 Å². The molecule has 0 saturated carbocycles. The lowest BCUT2D eigenvalue weighted by Gasteiger charge is -2.31. The normalized spacial score (nSPS) is 17.4. The Balaban J connectivity index is 1.78. The van der Waals surface area contributed by atoms with Gasteiger partial charge in [0.25, 0.3) is 0 Å². The average molecular weight is 440 g/mol. The Morgan fingerprint density at radius 1 is 1.10 bits per heavy atom. The maximum Gasteiger partial charge on any atom is 0.243 e. The van der Waals surface area contributed by atoms with E-state index in [2.05, 4.69) is 5.32 Å². The second-order valence-electron chi connectivity index (χ2n) is 6.83. The summed E-state index contributed by atoms with van der Waals surface area (Å²) in [6.07, 6.45) is 0.886. The Hall–Kier alpha value is -2.72. The summed E-state index contributed by atoms with van der Waals surface area (Å²) in [5, 5.41) is 2.35. The van der Waals surface area contributed by atoms with Crippen molar-refractivity contribution in [2.45, 2.75) is 17.7 Å². The first-order valence-electron chi connectivity index (χ1n) is 9.24. The SMILES string of the molecule is COc1ccc(S(=O)(=O)N2CCC[C@@H](C(=O)Nc3cc(F)ccc3F)C2)cc1OC. The maximum absolute atomic E-state index is 13.8. The predicted octanol–water partition coefficient (Wildman–Crippen LogP) is 3.02. The summed E-state index contributed by atoms with van der Waals surface area (Å²) in [6.45, 7) is 0.175. The third-order valence-corrected chi connectivity index (χ3v) is 6.80. The largest absolute Gasteiger partial charge is 0.493 e. The third kappa shape index (κ3) is 4.54. The van der Waals surface area contributed by atoms with Crippen LogP contribution in [0.15, 0.2) is 41.3 Å². The first-order chi connectivity index (χ1) is 14.3. The zero-order valence-electron chi connectivity index (χ0n) is 16.5. The van der Waals surface area contributed by atoms with Crippen LogP contribution >= 0.6 is 0 Å². The van der Waals surface area contributed by atoms with E-state index >= 15 is 0 Å². The lowest BCUT2D eigenvalue weighted by Crippen LogP contribution is -2.43. The molecule has 1 aliphatic rings. The molecular weight excluding hydrogens is 418 g/mol. The van der Waals surface area contributed by atoms with Crippen LogP contribution in [0, 0.1) is 17.6 Å². The number of sulfonamides is 1. The van der Waals surface area contributed by atoms with E-state index < -0.39 is 33.5 Å². The highest BCUT2D eigenvalue weighted by atomic mass is 32.2. The summed E-state index contributed by atoms with van der Waals surface area (Å²) < 4.78 is 64.8. The highest BCUT2D eigenvalue weighted by Crippen LogP contribution is 2.32. The van der Waals surface area contributed by atoms with Gasteiger partial charge in [-0.15, -0.1) is 0 Å². The topological polar surface area (TPSA) is 84.9 Å². The molecule has 162 valence electrons. The van der Waals surface area contributed by atoms with Crippen molar-refractivity contribution in [3.05, 3.63) is 48.0 Å². The number of rotatable bonds is 6. The smallest absolute Gasteiger partial charge is 0.243 e. The number of ether oxygens (including phenoxy) is 2. The lowest BCUT2D eigenvalue weighted by atomic mass is 9.98. The Labute approximate surface area is 173 Å². The lowest BCUT2D eigenvalue weighted by molar-refractivity contribution is -0.120. The van der Waals surface area contributed by atoms with Gasteiger partial charge < -0.3 is 14.8 Å². The molecule has 2 aromatic carbocycles. The van der Waals surface area contributed by atoms with E-state index in [-0.39, 0.29) is 29.4 Å². The molecule has 2 aromatic rings. The number of anilines is 1. The van der Waals surface area contributed by atoms with Gasteiger partial charge in [0.05, 0.1) is 30.7 Å². The number of hydrogen-bond donors (Lipinski definition) is 1. The van der Waals surface area contributed by atoms with E-state index in [0.717, 1.165) is 18.2 Å². The summed E-state index contributed by atoms with van der Waals surface area (Å²) >= 11 is 0. The van der Waals surface area contributed by atoms with Crippen LogP contribution in [-0.2, 0) is 14.8 Å². The number of piperidine rings is 1. The number of halogens is 2. The predicted molar refractivity (Wildman–Crippen MR) is 106 cm³/mol. The molecule has 1 saturated heterocycles. The van der Waals surface area contributed by atoms with Crippen molar-refractivity contribution in [1.29, 1.82) is 0 Å². The van der Waals surface area contributed by atoms with Crippen molar-refractivity contribution in [3.8, 4) is 11.5 Å². The molecule has 0 aromatic heterocycles. The van der Waals surface area contributed by atoms with Crippen LogP contribution in [0.4, 0.5) is 14.5 Å². The van der Waals surface area contributed by atoms with Gasteiger partial charge in [-0.2, -0.15) is 4.31 Å². The molecule has 3 rings (SSSR count). The second-order valence-corrected chi connectivity index (χ2v) is 8.77. The van der Waals surface area contributed by atoms with E-state index in [4.69, 9.17) is 9.47 Å². The number of nitrogens with one attached hydrogen (secondary N) is 1. The van der Waals surface area contributed by atoms with Gasteiger partial charge in [-0.1, -0.05) is 0 Å². The fraction of sp³-hybridized carbons (Fsp3) is 0.350. The van der Waals surface area contributed by atoms with Gasteiger partial charge in [0, 0.05) is 25.2 Å². The van der Waals surface area contributed by atoms with E-state index in [0.29, 0.717) is 18.6 Å². The minimum absolute atomic E-state index is 0.0115. The number of hydrogen-bond acceptors (Lipinski definition) is 5. The monoisotopic (exact) mass is 440 g/mol. The maximum atomic E-state index is 13.8. The molecule has 1 atom stereocenters. The number of nitrogens with zero attached hydrogens (tertiary/aromatic N) is 1. The van der Waals surface area contributed by atoms with Crippen LogP contribution in [0.2, 0.25) is 0 Å². The van der Waals surface area contributed by atoms with Crippen LogP contribution in [-0.4, -0.2) is 45.9 Å². The fourth-order valence-electron chi connectivity index (χ4n) is 3.33. The number of methoxy groups -OCH3 is 2. The molecule has 0 bridgehead atoms. The molecule has 7 nitrogen and oxygen atoms in total. The zero-order valence-corrected chi connectivity index (χ0v) is 17.3. The van der Waals surface area contributed by atoms with Gasteiger partial charge >= 0.3 is 0 Å². The van der Waals surface area contributed by atoms with Crippen LogP contribution < -0.4 is 14.8 Å². The summed E-state index contributed by atoms with van der Waals surface area (Å²) in [5.41, 5.74) is -0.278. The number of benzene rings is 2. The van der Waals surface area contributed by atoms with Gasteiger partial charge in [-0.3, -0.25) is 4.79 Å². The van der Waals surface area contributed by atoms with Crippen molar-refractivity contribution in [2.24, 2.45) is 5.92 Å². The first kappa shape index (κ1) is 22.0. The van der Waals surface area contributed by atoms with Crippen LogP contribution in [0.5, 0.6) is 11.5 Å². The summed E-state index contributed by atoms with van der Waals surface area (Å²) in [7, 11) is -1.04. The number of carbonyl (C=O) groups is 1. The third-order valence-electron chi connectivity index (χ3n) is 4.93. The van der Waals surface area contributed by atoms with Crippen LogP contribution in [0.1, 0.15) is 12.8 Å². The van der Waals surface area contributed by atoms with E-state index in [1.54, 1.807) is 0 Å². The molecular formula is C20H22F2N2O5S. The van der Waals surface area contributed by atoms with Crippen LogP contribution in [0.25, 0.3) is 0 Å². The zero-order chi connectivity index (χ0) is 21.9. The standard InChI is InChI=1S/C20H22F2N2O5S/c1-28-18-8-6-15(11-19(18)29-2)30(26,27)24-9-3-4-13(12-24)20(25)23-17-10-14(21)5-7-16(17)22/h5-8,10-11,13H,3-4,9,12H2,1-2H3,(H,23,25)/t13-/m1/s1. The Morgan fingerprint density at radius 2 is 1.83 bits per heavy atom. The molecule has 30 heavy (non-hydrogen) atoms. The Kier molecular flexibility index (Phi) is 6.57. The van der Waals surface area contributed by atoms with Crippen molar-refractivity contribution in [3.63, 3.8) is 0 Å². The Morgan fingerprint density at radius 3 is 2.53 bits per heavy atom. The van der Waals surface area contributed by atoms with E-state index in [9.17, 15) is 22.0 Å². The summed E-state index contributed by atoms with van der Waals surface area (Å²) in [4.78, 5) is 12.6. The van der Waals surface area contributed by atoms with Crippen molar-refractivity contribution >= 4 is 21.6 Å². The molecule has 10 heteroatoms. The highest BCUT2D eigenvalue weighted by molar-refractivity contribution is 7.89. The Bertz CT molecular complexity index is 1050. The number of amides is 1.